The first kappa shape index (κ1) is 23.0. The topological polar surface area (TPSA) is 78.7 Å². The molecule has 0 unspecified atom stereocenters. The maximum atomic E-state index is 11.8. The number of carbonyl (C=O) groups is 1. The number of nitrogens with zero attached hydrogens (tertiary/aromatic N) is 1. The van der Waals surface area contributed by atoms with Gasteiger partial charge in [-0.2, -0.15) is 0 Å². The smallest absolute Gasteiger partial charge is 0.330 e. The second kappa shape index (κ2) is 9.80. The van der Waals surface area contributed by atoms with E-state index in [9.17, 15) is 14.9 Å². The van der Waals surface area contributed by atoms with Crippen molar-refractivity contribution in [3.05, 3.63) is 58.2 Å². The summed E-state index contributed by atoms with van der Waals surface area (Å²) >= 11 is 0. The van der Waals surface area contributed by atoms with E-state index < -0.39 is 26.3 Å². The van der Waals surface area contributed by atoms with Gasteiger partial charge in [0.05, 0.1) is 18.6 Å². The van der Waals surface area contributed by atoms with Crippen molar-refractivity contribution in [3.8, 4) is 0 Å². The Morgan fingerprint density at radius 3 is 2.33 bits per heavy atom. The monoisotopic (exact) mass is 393 g/mol. The SMILES string of the molecule is CCOC(=O)/C=C/[C@H](O[Si](C)(C)C(C)(C)C)[C@H](C[N+](=O)[O-])c1ccccc1. The van der Waals surface area contributed by atoms with Crippen molar-refractivity contribution in [2.24, 2.45) is 0 Å². The van der Waals surface area contributed by atoms with Crippen LogP contribution in [0.15, 0.2) is 42.5 Å². The molecular formula is C20H31NO5Si. The van der Waals surface area contributed by atoms with E-state index in [4.69, 9.17) is 9.16 Å². The molecule has 0 bridgehead atoms. The van der Waals surface area contributed by atoms with Gasteiger partial charge in [0, 0.05) is 11.0 Å². The van der Waals surface area contributed by atoms with Crippen LogP contribution in [-0.4, -0.2) is 38.5 Å². The lowest BCUT2D eigenvalue weighted by Crippen LogP contribution is -2.45. The van der Waals surface area contributed by atoms with Crippen LogP contribution >= 0.6 is 0 Å². The molecule has 0 amide bonds. The van der Waals surface area contributed by atoms with E-state index in [1.807, 2.05) is 30.3 Å². The lowest BCUT2D eigenvalue weighted by Gasteiger charge is -2.40. The van der Waals surface area contributed by atoms with Crippen molar-refractivity contribution in [1.82, 2.24) is 0 Å². The van der Waals surface area contributed by atoms with Crippen LogP contribution < -0.4 is 0 Å². The van der Waals surface area contributed by atoms with Crippen LogP contribution in [0.5, 0.6) is 0 Å². The van der Waals surface area contributed by atoms with E-state index in [0.29, 0.717) is 0 Å². The number of carbonyl (C=O) groups excluding carboxylic acids is 1. The largest absolute Gasteiger partial charge is 0.463 e. The summed E-state index contributed by atoms with van der Waals surface area (Å²) in [6.07, 6.45) is 2.33. The lowest BCUT2D eigenvalue weighted by molar-refractivity contribution is -0.484. The van der Waals surface area contributed by atoms with Crippen LogP contribution in [0, 0.1) is 10.1 Å². The van der Waals surface area contributed by atoms with Crippen molar-refractivity contribution >= 4 is 14.3 Å². The second-order valence-corrected chi connectivity index (χ2v) is 12.7. The lowest BCUT2D eigenvalue weighted by atomic mass is 9.93. The Morgan fingerprint density at radius 1 is 1.26 bits per heavy atom. The highest BCUT2D eigenvalue weighted by molar-refractivity contribution is 6.74. The molecule has 0 N–H and O–H groups in total. The van der Waals surface area contributed by atoms with Gasteiger partial charge in [-0.15, -0.1) is 0 Å². The number of rotatable bonds is 9. The average Bonchev–Trinajstić information content (AvgIpc) is 2.56. The third-order valence-electron chi connectivity index (χ3n) is 4.92. The summed E-state index contributed by atoms with van der Waals surface area (Å²) < 4.78 is 11.4. The number of hydrogen-bond donors (Lipinski definition) is 0. The Balaban J connectivity index is 3.29. The fourth-order valence-corrected chi connectivity index (χ4v) is 3.67. The average molecular weight is 394 g/mol. The second-order valence-electron chi connectivity index (χ2n) is 7.99. The maximum absolute atomic E-state index is 11.8. The molecule has 1 rings (SSSR count). The molecule has 0 saturated carbocycles. The Labute approximate surface area is 162 Å². The Kier molecular flexibility index (Phi) is 8.37. The van der Waals surface area contributed by atoms with E-state index in [1.54, 1.807) is 13.0 Å². The first-order valence-corrected chi connectivity index (χ1v) is 12.1. The molecule has 27 heavy (non-hydrogen) atoms. The van der Waals surface area contributed by atoms with Crippen LogP contribution in [0.1, 0.15) is 39.2 Å². The van der Waals surface area contributed by atoms with Gasteiger partial charge in [0.2, 0.25) is 6.54 Å². The summed E-state index contributed by atoms with van der Waals surface area (Å²) in [5, 5.41) is 11.3. The van der Waals surface area contributed by atoms with Crippen LogP contribution in [-0.2, 0) is 14.0 Å². The van der Waals surface area contributed by atoms with Gasteiger partial charge in [0.1, 0.15) is 0 Å². The summed E-state index contributed by atoms with van der Waals surface area (Å²) in [5.41, 5.74) is 0.811. The molecule has 6 nitrogen and oxygen atoms in total. The minimum Gasteiger partial charge on any atom is -0.463 e. The van der Waals surface area contributed by atoms with Gasteiger partial charge in [0.15, 0.2) is 8.32 Å². The molecule has 2 atom stereocenters. The van der Waals surface area contributed by atoms with Crippen molar-refractivity contribution < 1.29 is 18.9 Å². The highest BCUT2D eigenvalue weighted by Gasteiger charge is 2.41. The Bertz CT molecular complexity index is 652. The van der Waals surface area contributed by atoms with Gasteiger partial charge in [-0.3, -0.25) is 10.1 Å². The van der Waals surface area contributed by atoms with Gasteiger partial charge in [-0.25, -0.2) is 4.79 Å². The predicted octanol–water partition coefficient (Wildman–Crippen LogP) is 4.56. The molecule has 0 aliphatic carbocycles. The standard InChI is InChI=1S/C20H31NO5Si/c1-7-25-19(22)14-13-18(26-27(5,6)20(2,3)4)17(15-21(23)24)16-11-9-8-10-12-16/h8-14,17-18H,7,15H2,1-6H3/b14-13+/t17-,18+/m1/s1. The number of ether oxygens (including phenoxy) is 1. The van der Waals surface area contributed by atoms with Crippen molar-refractivity contribution in [2.45, 2.75) is 57.8 Å². The molecule has 1 aromatic carbocycles. The molecule has 7 heteroatoms. The van der Waals surface area contributed by atoms with E-state index in [1.165, 1.54) is 6.08 Å². The zero-order chi connectivity index (χ0) is 20.7. The normalized spacial score (nSPS) is 14.7. The molecule has 0 saturated heterocycles. The summed E-state index contributed by atoms with van der Waals surface area (Å²) in [6, 6.07) is 9.27. The highest BCUT2D eigenvalue weighted by Crippen LogP contribution is 2.39. The Hall–Kier alpha value is -1.99. The third kappa shape index (κ3) is 7.26. The van der Waals surface area contributed by atoms with Crippen LogP contribution in [0.25, 0.3) is 0 Å². The Morgan fingerprint density at radius 2 is 1.85 bits per heavy atom. The summed E-state index contributed by atoms with van der Waals surface area (Å²) in [4.78, 5) is 22.8. The fourth-order valence-electron chi connectivity index (χ4n) is 2.40. The van der Waals surface area contributed by atoms with E-state index in [-0.39, 0.29) is 23.1 Å². The van der Waals surface area contributed by atoms with Crippen LogP contribution in [0.2, 0.25) is 18.1 Å². The van der Waals surface area contributed by atoms with E-state index in [0.717, 1.165) is 5.56 Å². The number of nitro groups is 1. The quantitative estimate of drug-likeness (QED) is 0.202. The highest BCUT2D eigenvalue weighted by atomic mass is 28.4. The minimum atomic E-state index is -2.23. The molecule has 0 heterocycles. The van der Waals surface area contributed by atoms with Crippen molar-refractivity contribution in [2.75, 3.05) is 13.2 Å². The molecule has 0 aliphatic rings. The summed E-state index contributed by atoms with van der Waals surface area (Å²) in [6.45, 7) is 12.2. The molecule has 0 spiro atoms. The molecule has 0 aliphatic heterocycles. The zero-order valence-corrected chi connectivity index (χ0v) is 18.1. The summed E-state index contributed by atoms with van der Waals surface area (Å²) in [5.74, 6) is -0.977. The van der Waals surface area contributed by atoms with Crippen LogP contribution in [0.4, 0.5) is 0 Å². The number of esters is 1. The number of hydrogen-bond acceptors (Lipinski definition) is 5. The van der Waals surface area contributed by atoms with E-state index in [2.05, 4.69) is 33.9 Å². The number of benzene rings is 1. The van der Waals surface area contributed by atoms with Gasteiger partial charge in [-0.1, -0.05) is 51.1 Å². The first-order valence-electron chi connectivity index (χ1n) is 9.17. The summed E-state index contributed by atoms with van der Waals surface area (Å²) in [7, 11) is -2.23. The molecule has 1 aromatic rings. The molecule has 0 aromatic heterocycles. The molecular weight excluding hydrogens is 362 g/mol. The predicted molar refractivity (Wildman–Crippen MR) is 109 cm³/mol. The molecule has 0 fully saturated rings. The fraction of sp³-hybridized carbons (Fsp3) is 0.550. The van der Waals surface area contributed by atoms with Crippen molar-refractivity contribution in [1.29, 1.82) is 0 Å². The van der Waals surface area contributed by atoms with Gasteiger partial charge in [-0.05, 0) is 36.7 Å². The van der Waals surface area contributed by atoms with Gasteiger partial charge >= 0.3 is 5.97 Å². The van der Waals surface area contributed by atoms with E-state index >= 15 is 0 Å². The van der Waals surface area contributed by atoms with Gasteiger partial charge < -0.3 is 9.16 Å². The van der Waals surface area contributed by atoms with Crippen molar-refractivity contribution in [3.63, 3.8) is 0 Å². The zero-order valence-electron chi connectivity index (χ0n) is 17.1. The first-order chi connectivity index (χ1) is 12.5. The van der Waals surface area contributed by atoms with Crippen LogP contribution in [0.3, 0.4) is 0 Å². The molecule has 0 radical (unpaired) electrons. The van der Waals surface area contributed by atoms with Gasteiger partial charge in [0.25, 0.3) is 0 Å². The maximum Gasteiger partial charge on any atom is 0.330 e. The third-order valence-corrected chi connectivity index (χ3v) is 9.39. The molecule has 150 valence electrons. The minimum absolute atomic E-state index is 0.0706.